The molecule has 29 heavy (non-hydrogen) atoms. The minimum atomic E-state index is -1.01. The van der Waals surface area contributed by atoms with Crippen molar-refractivity contribution in [2.24, 2.45) is 0 Å². The van der Waals surface area contributed by atoms with E-state index < -0.39 is 12.1 Å². The number of unbranched alkanes of at least 4 members (excludes halogenated alkanes) is 2. The maximum Gasteiger partial charge on any atom is 0.339 e. The summed E-state index contributed by atoms with van der Waals surface area (Å²) in [5.41, 5.74) is 2.31. The van der Waals surface area contributed by atoms with E-state index in [1.54, 1.807) is 30.3 Å². The highest BCUT2D eigenvalue weighted by molar-refractivity contribution is 5.92. The maximum absolute atomic E-state index is 13.1. The fourth-order valence-electron chi connectivity index (χ4n) is 3.61. The lowest BCUT2D eigenvalue weighted by Crippen LogP contribution is -2.17. The molecule has 0 spiro atoms. The van der Waals surface area contributed by atoms with Crippen LogP contribution in [0.5, 0.6) is 0 Å². The lowest BCUT2D eigenvalue weighted by Gasteiger charge is -2.22. The third kappa shape index (κ3) is 6.18. The van der Waals surface area contributed by atoms with Crippen molar-refractivity contribution in [3.05, 3.63) is 70.8 Å². The third-order valence-corrected chi connectivity index (χ3v) is 5.31. The van der Waals surface area contributed by atoms with Gasteiger partial charge in [-0.05, 0) is 42.9 Å². The molecule has 0 fully saturated rings. The zero-order valence-corrected chi connectivity index (χ0v) is 17.7. The first-order valence-electron chi connectivity index (χ1n) is 10.6. The molecule has 1 N–H and O–H groups in total. The smallest absolute Gasteiger partial charge is 0.339 e. The summed E-state index contributed by atoms with van der Waals surface area (Å²) in [5, 5.41) is 9.55. The van der Waals surface area contributed by atoms with Crippen molar-refractivity contribution in [1.29, 1.82) is 0 Å². The molecular formula is C25H32O4. The topological polar surface area (TPSA) is 63.6 Å². The third-order valence-electron chi connectivity index (χ3n) is 5.31. The quantitative estimate of drug-likeness (QED) is 0.426. The molecule has 4 nitrogen and oxygen atoms in total. The van der Waals surface area contributed by atoms with Gasteiger partial charge >= 0.3 is 11.9 Å². The fourth-order valence-corrected chi connectivity index (χ4v) is 3.61. The number of aromatic carboxylic acids is 1. The lowest BCUT2D eigenvalue weighted by atomic mass is 9.91. The number of carboxylic acid groups (broad SMARTS) is 1. The van der Waals surface area contributed by atoms with E-state index >= 15 is 0 Å². The summed E-state index contributed by atoms with van der Waals surface area (Å²) < 4.78 is 5.91. The van der Waals surface area contributed by atoms with E-state index in [1.807, 2.05) is 18.2 Å². The van der Waals surface area contributed by atoms with Crippen molar-refractivity contribution in [3.8, 4) is 0 Å². The van der Waals surface area contributed by atoms with Gasteiger partial charge in [0.2, 0.25) is 0 Å². The first-order valence-corrected chi connectivity index (χ1v) is 10.6. The number of carbonyl (C=O) groups is 2. The summed E-state index contributed by atoms with van der Waals surface area (Å²) in [4.78, 5) is 24.8. The van der Waals surface area contributed by atoms with Gasteiger partial charge in [-0.2, -0.15) is 0 Å². The molecule has 0 radical (unpaired) electrons. The summed E-state index contributed by atoms with van der Waals surface area (Å²) in [6, 6.07) is 14.4. The van der Waals surface area contributed by atoms with Crippen LogP contribution in [-0.2, 0) is 4.74 Å². The molecule has 0 aromatic heterocycles. The number of hydrogen-bond donors (Lipinski definition) is 1. The van der Waals surface area contributed by atoms with Gasteiger partial charge in [0.05, 0.1) is 11.1 Å². The Morgan fingerprint density at radius 2 is 1.41 bits per heavy atom. The normalized spacial score (nSPS) is 12.9. The van der Waals surface area contributed by atoms with E-state index in [-0.39, 0.29) is 17.5 Å². The molecule has 0 amide bonds. The van der Waals surface area contributed by atoms with Crippen LogP contribution in [0.25, 0.3) is 0 Å². The Hall–Kier alpha value is -2.62. The van der Waals surface area contributed by atoms with Crippen molar-refractivity contribution in [2.45, 2.75) is 71.3 Å². The highest BCUT2D eigenvalue weighted by Gasteiger charge is 2.24. The predicted octanol–water partition coefficient (Wildman–Crippen LogP) is 6.77. The number of esters is 1. The molecule has 2 aromatic carbocycles. The molecule has 0 bridgehead atoms. The second-order valence-corrected chi connectivity index (χ2v) is 7.56. The Bertz CT molecular complexity index is 812. The average Bonchev–Trinajstić information content (AvgIpc) is 2.74. The van der Waals surface area contributed by atoms with Gasteiger partial charge in [0.15, 0.2) is 0 Å². The van der Waals surface area contributed by atoms with Crippen LogP contribution in [0.2, 0.25) is 0 Å². The summed E-state index contributed by atoms with van der Waals surface area (Å²) in [7, 11) is 0. The molecular weight excluding hydrogens is 364 g/mol. The zero-order valence-electron chi connectivity index (χ0n) is 17.7. The summed E-state index contributed by atoms with van der Waals surface area (Å²) in [5.74, 6) is -1.13. The first kappa shape index (κ1) is 22.7. The van der Waals surface area contributed by atoms with Crippen molar-refractivity contribution in [1.82, 2.24) is 0 Å². The van der Waals surface area contributed by atoms with Crippen molar-refractivity contribution in [3.63, 3.8) is 0 Å². The minimum absolute atomic E-state index is 0.186. The predicted molar refractivity (Wildman–Crippen MR) is 115 cm³/mol. The van der Waals surface area contributed by atoms with Crippen molar-refractivity contribution in [2.75, 3.05) is 0 Å². The van der Waals surface area contributed by atoms with Crippen LogP contribution < -0.4 is 0 Å². The van der Waals surface area contributed by atoms with Gasteiger partial charge in [-0.3, -0.25) is 0 Å². The van der Waals surface area contributed by atoms with Crippen molar-refractivity contribution < 1.29 is 19.4 Å². The highest BCUT2D eigenvalue weighted by Crippen LogP contribution is 2.30. The molecule has 0 aliphatic carbocycles. The second-order valence-electron chi connectivity index (χ2n) is 7.56. The zero-order chi connectivity index (χ0) is 21.2. The number of carbonyl (C=O) groups excluding carboxylic acids is 1. The van der Waals surface area contributed by atoms with Crippen LogP contribution in [0.4, 0.5) is 0 Å². The van der Waals surface area contributed by atoms with E-state index in [4.69, 9.17) is 4.74 Å². The average molecular weight is 397 g/mol. The Labute approximate surface area is 173 Å². The molecule has 2 aromatic rings. The number of hydrogen-bond acceptors (Lipinski definition) is 3. The van der Waals surface area contributed by atoms with E-state index in [9.17, 15) is 14.7 Å². The summed E-state index contributed by atoms with van der Waals surface area (Å²) in [6.45, 7) is 6.36. The first-order chi connectivity index (χ1) is 14.0. The standard InChI is InChI=1S/C25H32O4/c1-4-6-12-18(3)19-13-8-11-16-22(19)25(28)29-23(17-7-5-2)20-14-9-10-15-21(20)24(26)27/h8-11,13-16,18,23H,4-7,12,17H2,1-3H3,(H,26,27). The molecule has 156 valence electrons. The van der Waals surface area contributed by atoms with Gasteiger partial charge in [-0.1, -0.05) is 76.4 Å². The molecule has 2 unspecified atom stereocenters. The highest BCUT2D eigenvalue weighted by atomic mass is 16.5. The Balaban J connectivity index is 2.31. The largest absolute Gasteiger partial charge is 0.478 e. The van der Waals surface area contributed by atoms with E-state index in [1.165, 1.54) is 0 Å². The fraction of sp³-hybridized carbons (Fsp3) is 0.440. The van der Waals surface area contributed by atoms with Crippen LogP contribution in [-0.4, -0.2) is 17.0 Å². The molecule has 0 aliphatic heterocycles. The Morgan fingerprint density at radius 1 is 0.862 bits per heavy atom. The second kappa shape index (κ2) is 11.4. The molecule has 2 atom stereocenters. The van der Waals surface area contributed by atoms with Crippen LogP contribution in [0.3, 0.4) is 0 Å². The Kier molecular flexibility index (Phi) is 8.91. The number of benzene rings is 2. The molecule has 0 saturated heterocycles. The number of ether oxygens (including phenoxy) is 1. The van der Waals surface area contributed by atoms with Gasteiger partial charge in [0, 0.05) is 5.56 Å². The van der Waals surface area contributed by atoms with E-state index in [0.29, 0.717) is 17.5 Å². The molecule has 0 heterocycles. The van der Waals surface area contributed by atoms with E-state index in [2.05, 4.69) is 20.8 Å². The number of carboxylic acids is 1. The van der Waals surface area contributed by atoms with Crippen LogP contribution in [0.1, 0.15) is 103 Å². The molecule has 4 heteroatoms. The van der Waals surface area contributed by atoms with Gasteiger partial charge in [0.25, 0.3) is 0 Å². The summed E-state index contributed by atoms with van der Waals surface area (Å²) in [6.07, 6.45) is 5.04. The van der Waals surface area contributed by atoms with Gasteiger partial charge in [-0.15, -0.1) is 0 Å². The van der Waals surface area contributed by atoms with Gasteiger partial charge < -0.3 is 9.84 Å². The van der Waals surface area contributed by atoms with Crippen LogP contribution >= 0.6 is 0 Å². The molecule has 2 rings (SSSR count). The maximum atomic E-state index is 13.1. The van der Waals surface area contributed by atoms with Crippen LogP contribution in [0, 0.1) is 0 Å². The minimum Gasteiger partial charge on any atom is -0.478 e. The summed E-state index contributed by atoms with van der Waals surface area (Å²) >= 11 is 0. The van der Waals surface area contributed by atoms with E-state index in [0.717, 1.165) is 37.7 Å². The SMILES string of the molecule is CCCCC(C)c1ccccc1C(=O)OC(CCCC)c1ccccc1C(=O)O. The Morgan fingerprint density at radius 3 is 2.03 bits per heavy atom. The van der Waals surface area contributed by atoms with Crippen molar-refractivity contribution >= 4 is 11.9 Å². The van der Waals surface area contributed by atoms with Gasteiger partial charge in [0.1, 0.15) is 6.10 Å². The molecule has 0 saturated carbocycles. The number of rotatable bonds is 11. The van der Waals surface area contributed by atoms with Gasteiger partial charge in [-0.25, -0.2) is 9.59 Å². The monoisotopic (exact) mass is 396 g/mol. The molecule has 0 aliphatic rings. The lowest BCUT2D eigenvalue weighted by molar-refractivity contribution is 0.0262. The van der Waals surface area contributed by atoms with Crippen LogP contribution in [0.15, 0.2) is 48.5 Å².